The number of methoxy groups -OCH3 is 2. The van der Waals surface area contributed by atoms with Gasteiger partial charge in [-0.25, -0.2) is 0 Å². The van der Waals surface area contributed by atoms with E-state index in [2.05, 4.69) is 4.74 Å². The Morgan fingerprint density at radius 2 is 2.11 bits per heavy atom. The largest absolute Gasteiger partial charge is 0.484 e. The molecule has 1 atom stereocenters. The highest BCUT2D eigenvalue weighted by molar-refractivity contribution is 5.74. The summed E-state index contributed by atoms with van der Waals surface area (Å²) in [5.74, 6) is 0.344. The summed E-state index contributed by atoms with van der Waals surface area (Å²) in [6.45, 7) is 2.43. The lowest BCUT2D eigenvalue weighted by Gasteiger charge is -2.08. The van der Waals surface area contributed by atoms with Crippen molar-refractivity contribution in [1.29, 1.82) is 5.41 Å². The van der Waals surface area contributed by atoms with Crippen molar-refractivity contribution in [3.63, 3.8) is 0 Å². The molecule has 9 heavy (non-hydrogen) atoms. The van der Waals surface area contributed by atoms with Crippen LogP contribution in [0.1, 0.15) is 6.92 Å². The van der Waals surface area contributed by atoms with Gasteiger partial charge in [-0.05, 0) is 0 Å². The molecule has 1 unspecified atom stereocenters. The smallest absolute Gasteiger partial charge is 0.185 e. The third-order valence-electron chi connectivity index (χ3n) is 1.08. The van der Waals surface area contributed by atoms with E-state index in [1.807, 2.05) is 6.92 Å². The first kappa shape index (κ1) is 8.43. The van der Waals surface area contributed by atoms with Gasteiger partial charge in [0.15, 0.2) is 5.90 Å². The van der Waals surface area contributed by atoms with E-state index in [0.29, 0.717) is 6.61 Å². The fourth-order valence-electron chi connectivity index (χ4n) is 0.527. The third kappa shape index (κ3) is 3.08. The topological polar surface area (TPSA) is 42.3 Å². The SMILES string of the molecule is COCC(C)C(=N)OC. The van der Waals surface area contributed by atoms with Crippen LogP contribution < -0.4 is 0 Å². The van der Waals surface area contributed by atoms with Crippen molar-refractivity contribution in [1.82, 2.24) is 0 Å². The molecular formula is C6H13NO2. The van der Waals surface area contributed by atoms with Crippen LogP contribution in [0.25, 0.3) is 0 Å². The van der Waals surface area contributed by atoms with Crippen LogP contribution in [0.5, 0.6) is 0 Å². The van der Waals surface area contributed by atoms with Crippen LogP contribution in [0.4, 0.5) is 0 Å². The van der Waals surface area contributed by atoms with Gasteiger partial charge in [0.05, 0.1) is 19.6 Å². The van der Waals surface area contributed by atoms with E-state index in [0.717, 1.165) is 0 Å². The fraction of sp³-hybridized carbons (Fsp3) is 0.833. The van der Waals surface area contributed by atoms with Crippen LogP contribution in [0.2, 0.25) is 0 Å². The second-order valence-corrected chi connectivity index (χ2v) is 1.92. The summed E-state index contributed by atoms with van der Waals surface area (Å²) in [4.78, 5) is 0. The molecule has 0 aliphatic heterocycles. The minimum Gasteiger partial charge on any atom is -0.484 e. The zero-order valence-electron chi connectivity index (χ0n) is 6.10. The molecule has 0 saturated carbocycles. The molecule has 0 aliphatic carbocycles. The molecule has 0 aromatic heterocycles. The average Bonchev–Trinajstić information content (AvgIpc) is 1.87. The van der Waals surface area contributed by atoms with Gasteiger partial charge >= 0.3 is 0 Å². The van der Waals surface area contributed by atoms with E-state index in [4.69, 9.17) is 10.1 Å². The Hall–Kier alpha value is -0.570. The minimum absolute atomic E-state index is 0.0694. The van der Waals surface area contributed by atoms with Crippen molar-refractivity contribution in [2.45, 2.75) is 6.92 Å². The molecule has 0 aromatic carbocycles. The van der Waals surface area contributed by atoms with Crippen molar-refractivity contribution < 1.29 is 9.47 Å². The quantitative estimate of drug-likeness (QED) is 0.456. The fourth-order valence-corrected chi connectivity index (χ4v) is 0.527. The van der Waals surface area contributed by atoms with Gasteiger partial charge in [-0.2, -0.15) is 0 Å². The van der Waals surface area contributed by atoms with Gasteiger partial charge in [-0.1, -0.05) is 6.92 Å². The number of nitrogens with one attached hydrogen (secondary N) is 1. The van der Waals surface area contributed by atoms with Crippen molar-refractivity contribution in [2.24, 2.45) is 5.92 Å². The maximum atomic E-state index is 7.14. The Morgan fingerprint density at radius 1 is 1.56 bits per heavy atom. The number of ether oxygens (including phenoxy) is 2. The zero-order valence-corrected chi connectivity index (χ0v) is 6.10. The molecule has 0 fully saturated rings. The summed E-state index contributed by atoms with van der Waals surface area (Å²) < 4.78 is 9.47. The Kier molecular flexibility index (Phi) is 4.05. The van der Waals surface area contributed by atoms with Crippen molar-refractivity contribution in [2.75, 3.05) is 20.8 Å². The van der Waals surface area contributed by atoms with Gasteiger partial charge in [0.1, 0.15) is 0 Å². The lowest BCUT2D eigenvalue weighted by atomic mass is 10.2. The van der Waals surface area contributed by atoms with Crippen LogP contribution >= 0.6 is 0 Å². The molecule has 0 heterocycles. The predicted octanol–water partition coefficient (Wildman–Crippen LogP) is 0.893. The van der Waals surface area contributed by atoms with E-state index in [1.54, 1.807) is 7.11 Å². The van der Waals surface area contributed by atoms with E-state index in [9.17, 15) is 0 Å². The van der Waals surface area contributed by atoms with Crippen LogP contribution in [0.15, 0.2) is 0 Å². The molecule has 54 valence electrons. The number of rotatable bonds is 3. The highest BCUT2D eigenvalue weighted by atomic mass is 16.5. The third-order valence-corrected chi connectivity index (χ3v) is 1.08. The van der Waals surface area contributed by atoms with Crippen LogP contribution in [0, 0.1) is 11.3 Å². The van der Waals surface area contributed by atoms with Gasteiger partial charge < -0.3 is 9.47 Å². The first-order valence-electron chi connectivity index (χ1n) is 2.83. The van der Waals surface area contributed by atoms with E-state index >= 15 is 0 Å². The van der Waals surface area contributed by atoms with Gasteiger partial charge in [0, 0.05) is 7.11 Å². The average molecular weight is 131 g/mol. The van der Waals surface area contributed by atoms with Crippen molar-refractivity contribution >= 4 is 5.90 Å². The molecule has 0 rings (SSSR count). The Balaban J connectivity index is 3.45. The second-order valence-electron chi connectivity index (χ2n) is 1.92. The molecule has 0 aromatic rings. The monoisotopic (exact) mass is 131 g/mol. The maximum absolute atomic E-state index is 7.14. The number of hydrogen-bond acceptors (Lipinski definition) is 3. The Morgan fingerprint density at radius 3 is 2.44 bits per heavy atom. The number of hydrogen-bond donors (Lipinski definition) is 1. The highest BCUT2D eigenvalue weighted by Gasteiger charge is 2.06. The van der Waals surface area contributed by atoms with Crippen LogP contribution in [0.3, 0.4) is 0 Å². The van der Waals surface area contributed by atoms with Gasteiger partial charge in [-0.15, -0.1) is 0 Å². The summed E-state index contributed by atoms with van der Waals surface area (Å²) in [5.41, 5.74) is 0. The summed E-state index contributed by atoms with van der Waals surface area (Å²) in [6.07, 6.45) is 0. The predicted molar refractivity (Wildman–Crippen MR) is 35.8 cm³/mol. The van der Waals surface area contributed by atoms with E-state index < -0.39 is 0 Å². The molecule has 0 radical (unpaired) electrons. The first-order valence-corrected chi connectivity index (χ1v) is 2.83. The molecule has 0 amide bonds. The normalized spacial score (nSPS) is 12.8. The van der Waals surface area contributed by atoms with E-state index in [-0.39, 0.29) is 11.8 Å². The Labute approximate surface area is 55.5 Å². The van der Waals surface area contributed by atoms with Crippen LogP contribution in [-0.2, 0) is 9.47 Å². The Bertz CT molecular complexity index is 93.1. The highest BCUT2D eigenvalue weighted by Crippen LogP contribution is 1.96. The van der Waals surface area contributed by atoms with E-state index in [1.165, 1.54) is 7.11 Å². The standard InChI is InChI=1S/C6H13NO2/c1-5(4-8-2)6(7)9-3/h5,7H,4H2,1-3H3. The summed E-state index contributed by atoms with van der Waals surface area (Å²) in [5, 5.41) is 7.14. The summed E-state index contributed by atoms with van der Waals surface area (Å²) in [6, 6.07) is 0. The van der Waals surface area contributed by atoms with Crippen LogP contribution in [-0.4, -0.2) is 26.7 Å². The minimum atomic E-state index is 0.0694. The van der Waals surface area contributed by atoms with Crippen molar-refractivity contribution in [3.8, 4) is 0 Å². The lowest BCUT2D eigenvalue weighted by Crippen LogP contribution is -2.16. The molecule has 0 saturated heterocycles. The van der Waals surface area contributed by atoms with Gasteiger partial charge in [0.25, 0.3) is 0 Å². The molecule has 0 bridgehead atoms. The molecule has 1 N–H and O–H groups in total. The van der Waals surface area contributed by atoms with Gasteiger partial charge in [0.2, 0.25) is 0 Å². The molecule has 0 spiro atoms. The molecular weight excluding hydrogens is 118 g/mol. The maximum Gasteiger partial charge on any atom is 0.185 e. The second kappa shape index (κ2) is 4.32. The van der Waals surface area contributed by atoms with Crippen molar-refractivity contribution in [3.05, 3.63) is 0 Å². The summed E-state index contributed by atoms with van der Waals surface area (Å²) >= 11 is 0. The van der Waals surface area contributed by atoms with Gasteiger partial charge in [-0.3, -0.25) is 5.41 Å². The lowest BCUT2D eigenvalue weighted by molar-refractivity contribution is 0.171. The molecule has 3 heteroatoms. The molecule has 0 aliphatic rings. The molecule has 3 nitrogen and oxygen atoms in total. The first-order chi connectivity index (χ1) is 4.22. The summed E-state index contributed by atoms with van der Waals surface area (Å²) in [7, 11) is 3.11. The zero-order chi connectivity index (χ0) is 7.28.